The summed E-state index contributed by atoms with van der Waals surface area (Å²) in [4.78, 5) is 12.5. The lowest BCUT2D eigenvalue weighted by Crippen LogP contribution is -2.30. The minimum absolute atomic E-state index is 0.00449. The Bertz CT molecular complexity index is 752. The van der Waals surface area contributed by atoms with Gasteiger partial charge in [0.2, 0.25) is 0 Å². The summed E-state index contributed by atoms with van der Waals surface area (Å²) in [6.07, 6.45) is -0.0391. The van der Waals surface area contributed by atoms with Crippen LogP contribution in [0.2, 0.25) is 0 Å². The SMILES string of the molecule is CCOC(=O)[C@H]1[C@H]2c3ccccc3-c3ccccc3[C@@H]2C[C@@H]1O. The number of rotatable bonds is 2. The van der Waals surface area contributed by atoms with Crippen LogP contribution >= 0.6 is 0 Å². The lowest BCUT2D eigenvalue weighted by atomic mass is 9.71. The molecular weight excluding hydrogens is 288 g/mol. The predicted octanol–water partition coefficient (Wildman–Crippen LogP) is 3.48. The summed E-state index contributed by atoms with van der Waals surface area (Å²) in [5.74, 6) is -0.586. The molecule has 23 heavy (non-hydrogen) atoms. The number of aliphatic hydroxyl groups is 1. The van der Waals surface area contributed by atoms with Gasteiger partial charge in [-0.3, -0.25) is 4.79 Å². The van der Waals surface area contributed by atoms with Gasteiger partial charge < -0.3 is 9.84 Å². The lowest BCUT2D eigenvalue weighted by Gasteiger charge is -2.33. The van der Waals surface area contributed by atoms with Crippen molar-refractivity contribution in [3.8, 4) is 11.1 Å². The molecule has 3 heteroatoms. The van der Waals surface area contributed by atoms with E-state index in [1.165, 1.54) is 16.7 Å². The van der Waals surface area contributed by atoms with Gasteiger partial charge in [-0.1, -0.05) is 48.5 Å². The highest BCUT2D eigenvalue weighted by Gasteiger charge is 2.51. The van der Waals surface area contributed by atoms with Crippen molar-refractivity contribution < 1.29 is 14.6 Å². The number of benzene rings is 2. The molecule has 2 aliphatic carbocycles. The van der Waals surface area contributed by atoms with Crippen LogP contribution in [0.25, 0.3) is 11.1 Å². The van der Waals surface area contributed by atoms with Crippen molar-refractivity contribution in [1.82, 2.24) is 0 Å². The van der Waals surface area contributed by atoms with E-state index < -0.39 is 12.0 Å². The van der Waals surface area contributed by atoms with Crippen molar-refractivity contribution in [3.63, 3.8) is 0 Å². The van der Waals surface area contributed by atoms with E-state index in [4.69, 9.17) is 4.74 Å². The van der Waals surface area contributed by atoms with E-state index in [2.05, 4.69) is 24.3 Å². The predicted molar refractivity (Wildman–Crippen MR) is 88.1 cm³/mol. The molecule has 1 fully saturated rings. The summed E-state index contributed by atoms with van der Waals surface area (Å²) < 4.78 is 5.25. The molecule has 2 aliphatic rings. The summed E-state index contributed by atoms with van der Waals surface area (Å²) in [6.45, 7) is 2.15. The van der Waals surface area contributed by atoms with Crippen molar-refractivity contribution in [3.05, 3.63) is 59.7 Å². The van der Waals surface area contributed by atoms with Gasteiger partial charge in [0.1, 0.15) is 0 Å². The van der Waals surface area contributed by atoms with Crippen molar-refractivity contribution in [2.45, 2.75) is 31.3 Å². The van der Waals surface area contributed by atoms with Gasteiger partial charge in [0.15, 0.2) is 0 Å². The third kappa shape index (κ3) is 2.11. The van der Waals surface area contributed by atoms with E-state index in [1.54, 1.807) is 6.92 Å². The second-order valence-corrected chi connectivity index (χ2v) is 6.39. The summed E-state index contributed by atoms with van der Waals surface area (Å²) >= 11 is 0. The summed E-state index contributed by atoms with van der Waals surface area (Å²) in [5, 5.41) is 10.6. The maximum atomic E-state index is 12.5. The average molecular weight is 308 g/mol. The normalized spacial score (nSPS) is 27.7. The summed E-state index contributed by atoms with van der Waals surface area (Å²) in [7, 11) is 0. The largest absolute Gasteiger partial charge is 0.466 e. The molecule has 1 saturated carbocycles. The number of hydrogen-bond acceptors (Lipinski definition) is 3. The maximum absolute atomic E-state index is 12.5. The summed E-state index contributed by atoms with van der Waals surface area (Å²) in [6, 6.07) is 16.6. The Hall–Kier alpha value is -2.13. The van der Waals surface area contributed by atoms with Crippen LogP contribution < -0.4 is 0 Å². The fraction of sp³-hybridized carbons (Fsp3) is 0.350. The summed E-state index contributed by atoms with van der Waals surface area (Å²) in [5.41, 5.74) is 4.79. The molecule has 2 aromatic carbocycles. The molecule has 118 valence electrons. The quantitative estimate of drug-likeness (QED) is 0.864. The van der Waals surface area contributed by atoms with Crippen LogP contribution in [0.15, 0.2) is 48.5 Å². The van der Waals surface area contributed by atoms with Crippen LogP contribution in [-0.4, -0.2) is 23.8 Å². The van der Waals surface area contributed by atoms with Gasteiger partial charge in [0.05, 0.1) is 18.6 Å². The Morgan fingerprint density at radius 3 is 2.39 bits per heavy atom. The molecule has 1 N–H and O–H groups in total. The minimum Gasteiger partial charge on any atom is -0.466 e. The molecule has 0 heterocycles. The molecule has 0 unspecified atom stereocenters. The molecule has 4 atom stereocenters. The van der Waals surface area contributed by atoms with Gasteiger partial charge in [0, 0.05) is 5.92 Å². The third-order valence-corrected chi connectivity index (χ3v) is 5.26. The Morgan fingerprint density at radius 2 is 1.70 bits per heavy atom. The zero-order valence-corrected chi connectivity index (χ0v) is 13.1. The van der Waals surface area contributed by atoms with Gasteiger partial charge in [0.25, 0.3) is 0 Å². The van der Waals surface area contributed by atoms with Crippen LogP contribution in [0, 0.1) is 5.92 Å². The first-order valence-corrected chi connectivity index (χ1v) is 8.25. The number of fused-ring (bicyclic) bond motifs is 6. The van der Waals surface area contributed by atoms with Gasteiger partial charge in [-0.2, -0.15) is 0 Å². The second-order valence-electron chi connectivity index (χ2n) is 6.39. The van der Waals surface area contributed by atoms with Crippen molar-refractivity contribution in [1.29, 1.82) is 0 Å². The molecule has 0 bridgehead atoms. The first-order valence-electron chi connectivity index (χ1n) is 8.25. The highest BCUT2D eigenvalue weighted by atomic mass is 16.5. The third-order valence-electron chi connectivity index (χ3n) is 5.26. The fourth-order valence-electron chi connectivity index (χ4n) is 4.41. The Labute approximate surface area is 135 Å². The lowest BCUT2D eigenvalue weighted by molar-refractivity contribution is -0.151. The molecule has 0 amide bonds. The topological polar surface area (TPSA) is 46.5 Å². The van der Waals surface area contributed by atoms with E-state index in [-0.39, 0.29) is 17.8 Å². The van der Waals surface area contributed by atoms with E-state index in [9.17, 15) is 9.90 Å². The van der Waals surface area contributed by atoms with Crippen molar-refractivity contribution >= 4 is 5.97 Å². The smallest absolute Gasteiger partial charge is 0.312 e. The Morgan fingerprint density at radius 1 is 1.09 bits per heavy atom. The molecule has 0 aromatic heterocycles. The standard InChI is InChI=1S/C20H20O3/c1-2-23-20(22)19-17(21)11-16-14-9-4-3-7-12(14)13-8-5-6-10-15(13)18(16)19/h3-10,16-19,21H,2,11H2,1H3/t16-,17-,18-,19+/m0/s1. The van der Waals surface area contributed by atoms with Gasteiger partial charge in [-0.15, -0.1) is 0 Å². The first kappa shape index (κ1) is 14.5. The van der Waals surface area contributed by atoms with E-state index in [0.717, 1.165) is 5.56 Å². The average Bonchev–Trinajstić information content (AvgIpc) is 2.93. The Kier molecular flexibility index (Phi) is 3.46. The number of esters is 1. The van der Waals surface area contributed by atoms with Gasteiger partial charge in [-0.25, -0.2) is 0 Å². The zero-order chi connectivity index (χ0) is 16.0. The molecule has 0 saturated heterocycles. The highest BCUT2D eigenvalue weighted by Crippen LogP contribution is 2.57. The van der Waals surface area contributed by atoms with Crippen LogP contribution in [0.3, 0.4) is 0 Å². The number of hydrogen-bond donors (Lipinski definition) is 1. The van der Waals surface area contributed by atoms with Crippen LogP contribution in [0.4, 0.5) is 0 Å². The number of carbonyl (C=O) groups excluding carboxylic acids is 1. The van der Waals surface area contributed by atoms with E-state index in [1.807, 2.05) is 24.3 Å². The zero-order valence-electron chi connectivity index (χ0n) is 13.1. The molecule has 0 aliphatic heterocycles. The highest BCUT2D eigenvalue weighted by molar-refractivity contribution is 5.81. The second kappa shape index (κ2) is 5.50. The monoisotopic (exact) mass is 308 g/mol. The maximum Gasteiger partial charge on any atom is 0.312 e. The molecular formula is C20H20O3. The van der Waals surface area contributed by atoms with Crippen molar-refractivity contribution in [2.24, 2.45) is 5.92 Å². The molecule has 3 nitrogen and oxygen atoms in total. The Balaban J connectivity index is 1.89. The number of ether oxygens (including phenoxy) is 1. The number of carbonyl (C=O) groups is 1. The number of aliphatic hydroxyl groups excluding tert-OH is 1. The van der Waals surface area contributed by atoms with Crippen LogP contribution in [0.5, 0.6) is 0 Å². The minimum atomic E-state index is -0.650. The van der Waals surface area contributed by atoms with E-state index in [0.29, 0.717) is 13.0 Å². The van der Waals surface area contributed by atoms with Crippen LogP contribution in [-0.2, 0) is 9.53 Å². The van der Waals surface area contributed by atoms with Crippen molar-refractivity contribution in [2.75, 3.05) is 6.61 Å². The van der Waals surface area contributed by atoms with Gasteiger partial charge >= 0.3 is 5.97 Å². The molecule has 2 aromatic rings. The first-order chi connectivity index (χ1) is 11.2. The molecule has 0 spiro atoms. The molecule has 4 rings (SSSR count). The van der Waals surface area contributed by atoms with Gasteiger partial charge in [-0.05, 0) is 41.5 Å². The van der Waals surface area contributed by atoms with Crippen LogP contribution in [0.1, 0.15) is 36.3 Å². The molecule has 0 radical (unpaired) electrons. The fourth-order valence-corrected chi connectivity index (χ4v) is 4.41. The van der Waals surface area contributed by atoms with E-state index >= 15 is 0 Å².